The van der Waals surface area contributed by atoms with E-state index in [4.69, 9.17) is 17.3 Å². The average molecular weight is 428 g/mol. The fourth-order valence-corrected chi connectivity index (χ4v) is 3.55. The number of carbonyl (C=O) groups excluding carboxylic acids is 1. The normalized spacial score (nSPS) is 12.6. The Balaban J connectivity index is 2.09. The monoisotopic (exact) mass is 427 g/mol. The van der Waals surface area contributed by atoms with Crippen molar-refractivity contribution in [3.05, 3.63) is 104 Å². The number of hydrogen-bond acceptors (Lipinski definition) is 4. The first-order chi connectivity index (χ1) is 14.3. The second-order valence-corrected chi connectivity index (χ2v) is 7.20. The van der Waals surface area contributed by atoms with Gasteiger partial charge in [-0.3, -0.25) is 9.59 Å². The second-order valence-electron chi connectivity index (χ2n) is 6.80. The summed E-state index contributed by atoms with van der Waals surface area (Å²) in [7, 11) is 1.59. The molecule has 0 aliphatic rings. The zero-order valence-corrected chi connectivity index (χ0v) is 16.8. The number of amides is 1. The molecule has 8 heteroatoms. The lowest BCUT2D eigenvalue weighted by Gasteiger charge is -2.20. The van der Waals surface area contributed by atoms with Gasteiger partial charge in [-0.25, -0.2) is 4.39 Å². The largest absolute Gasteiger partial charge is 0.411 e. The van der Waals surface area contributed by atoms with Crippen LogP contribution in [0.2, 0.25) is 5.02 Å². The summed E-state index contributed by atoms with van der Waals surface area (Å²) in [5.74, 6) is -2.10. The van der Waals surface area contributed by atoms with Gasteiger partial charge in [0.05, 0.1) is 11.3 Å². The van der Waals surface area contributed by atoms with Crippen molar-refractivity contribution in [3.63, 3.8) is 0 Å². The Bertz CT molecular complexity index is 1190. The van der Waals surface area contributed by atoms with Crippen LogP contribution in [-0.4, -0.2) is 21.4 Å². The third-order valence-electron chi connectivity index (χ3n) is 4.88. The number of carbonyl (C=O) groups is 1. The van der Waals surface area contributed by atoms with E-state index in [1.807, 2.05) is 0 Å². The first-order valence-corrected chi connectivity index (χ1v) is 9.41. The number of rotatable bonds is 6. The van der Waals surface area contributed by atoms with Gasteiger partial charge in [0.25, 0.3) is 5.91 Å². The molecule has 154 valence electrons. The average Bonchev–Trinajstić information content (AvgIpc) is 2.71. The minimum atomic E-state index is -0.865. The molecule has 0 fully saturated rings. The highest BCUT2D eigenvalue weighted by molar-refractivity contribution is 6.31. The number of primary amides is 1. The molecule has 1 heterocycles. The molecule has 1 atom stereocenters. The van der Waals surface area contributed by atoms with Crippen molar-refractivity contribution in [1.82, 2.24) is 4.57 Å². The molecule has 2 aromatic carbocycles. The molecule has 0 spiro atoms. The van der Waals surface area contributed by atoms with Crippen molar-refractivity contribution >= 4 is 23.2 Å². The fraction of sp³-hybridized carbons (Fsp3) is 0.136. The molecule has 1 unspecified atom stereocenters. The van der Waals surface area contributed by atoms with Gasteiger partial charge in [-0.2, -0.15) is 0 Å². The summed E-state index contributed by atoms with van der Waals surface area (Å²) >= 11 is 6.39. The topological polar surface area (TPSA) is 97.7 Å². The third kappa shape index (κ3) is 4.41. The molecule has 0 radical (unpaired) electrons. The number of nitrogens with two attached hydrogens (primary N) is 1. The predicted octanol–water partition coefficient (Wildman–Crippen LogP) is 3.68. The van der Waals surface area contributed by atoms with Gasteiger partial charge in [-0.1, -0.05) is 41.0 Å². The quantitative estimate of drug-likeness (QED) is 0.356. The molecule has 3 rings (SSSR count). The van der Waals surface area contributed by atoms with Crippen LogP contribution in [0.25, 0.3) is 0 Å². The predicted molar refractivity (Wildman–Crippen MR) is 113 cm³/mol. The third-order valence-corrected chi connectivity index (χ3v) is 5.22. The molecule has 0 aliphatic heterocycles. The molecule has 0 aliphatic carbocycles. The Labute approximate surface area is 177 Å². The molecule has 0 bridgehead atoms. The maximum absolute atomic E-state index is 14.5. The highest BCUT2D eigenvalue weighted by Crippen LogP contribution is 2.34. The van der Waals surface area contributed by atoms with Crippen molar-refractivity contribution in [3.8, 4) is 0 Å². The van der Waals surface area contributed by atoms with E-state index in [1.54, 1.807) is 49.6 Å². The van der Waals surface area contributed by atoms with Crippen LogP contribution in [0.4, 0.5) is 4.39 Å². The lowest BCUT2D eigenvalue weighted by molar-refractivity contribution is 0.0996. The first kappa shape index (κ1) is 21.3. The Morgan fingerprint density at radius 3 is 2.57 bits per heavy atom. The minimum Gasteiger partial charge on any atom is -0.411 e. The SMILES string of the molecule is Cn1cc(/C(CC(c2ccc(C(N)=O)c(F)c2)c2ccccc2Cl)=N/O)ccc1=O. The number of aryl methyl sites for hydroxylation is 1. The van der Waals surface area contributed by atoms with Crippen molar-refractivity contribution in [2.24, 2.45) is 17.9 Å². The Hall–Kier alpha value is -3.45. The molecular formula is C22H19ClFN3O3. The van der Waals surface area contributed by atoms with E-state index in [9.17, 15) is 19.2 Å². The molecule has 1 aromatic heterocycles. The maximum atomic E-state index is 14.5. The fourth-order valence-electron chi connectivity index (χ4n) is 3.29. The summed E-state index contributed by atoms with van der Waals surface area (Å²) in [6.07, 6.45) is 1.71. The minimum absolute atomic E-state index is 0.161. The van der Waals surface area contributed by atoms with E-state index in [-0.39, 0.29) is 23.3 Å². The summed E-state index contributed by atoms with van der Waals surface area (Å²) in [5, 5.41) is 13.5. The van der Waals surface area contributed by atoms with Crippen LogP contribution in [-0.2, 0) is 7.05 Å². The highest BCUT2D eigenvalue weighted by atomic mass is 35.5. The van der Waals surface area contributed by atoms with E-state index >= 15 is 0 Å². The van der Waals surface area contributed by atoms with Gasteiger partial charge in [0.15, 0.2) is 0 Å². The number of benzene rings is 2. The van der Waals surface area contributed by atoms with Crippen LogP contribution in [0, 0.1) is 5.82 Å². The van der Waals surface area contributed by atoms with Crippen molar-refractivity contribution in [2.45, 2.75) is 12.3 Å². The van der Waals surface area contributed by atoms with Crippen LogP contribution in [0.1, 0.15) is 39.4 Å². The molecular weight excluding hydrogens is 409 g/mol. The number of oxime groups is 1. The van der Waals surface area contributed by atoms with Crippen LogP contribution >= 0.6 is 11.6 Å². The highest BCUT2D eigenvalue weighted by Gasteiger charge is 2.23. The van der Waals surface area contributed by atoms with Crippen molar-refractivity contribution < 1.29 is 14.4 Å². The summed E-state index contributed by atoms with van der Waals surface area (Å²) in [6, 6.07) is 14.1. The summed E-state index contributed by atoms with van der Waals surface area (Å²) in [4.78, 5) is 23.1. The van der Waals surface area contributed by atoms with E-state index < -0.39 is 17.6 Å². The molecule has 30 heavy (non-hydrogen) atoms. The van der Waals surface area contributed by atoms with E-state index in [0.717, 1.165) is 0 Å². The standard InChI is InChI=1S/C22H19ClFN3O3/c1-27-12-14(7-9-21(27)28)20(26-30)11-17(15-4-2-3-5-18(15)23)13-6-8-16(22(25)29)19(24)10-13/h2-10,12,17,30H,11H2,1H3,(H2,25,29)/b26-20+. The molecule has 3 aromatic rings. The van der Waals surface area contributed by atoms with Gasteiger partial charge in [0, 0.05) is 42.2 Å². The molecule has 0 saturated heterocycles. The number of aromatic nitrogens is 1. The lowest BCUT2D eigenvalue weighted by atomic mass is 9.85. The van der Waals surface area contributed by atoms with Crippen LogP contribution in [0.3, 0.4) is 0 Å². The summed E-state index contributed by atoms with van der Waals surface area (Å²) < 4.78 is 15.8. The zero-order valence-electron chi connectivity index (χ0n) is 16.0. The zero-order chi connectivity index (χ0) is 21.8. The Morgan fingerprint density at radius 2 is 1.97 bits per heavy atom. The summed E-state index contributed by atoms with van der Waals surface area (Å²) in [5.41, 5.74) is 6.81. The number of nitrogens with zero attached hydrogens (tertiary/aromatic N) is 2. The van der Waals surface area contributed by atoms with Crippen molar-refractivity contribution in [1.29, 1.82) is 0 Å². The molecule has 0 saturated carbocycles. The van der Waals surface area contributed by atoms with Gasteiger partial charge in [0.2, 0.25) is 5.56 Å². The number of halogens is 2. The van der Waals surface area contributed by atoms with Gasteiger partial charge < -0.3 is 15.5 Å². The van der Waals surface area contributed by atoms with Crippen molar-refractivity contribution in [2.75, 3.05) is 0 Å². The first-order valence-electron chi connectivity index (χ1n) is 9.03. The van der Waals surface area contributed by atoms with Gasteiger partial charge in [-0.15, -0.1) is 0 Å². The Kier molecular flexibility index (Phi) is 6.32. The van der Waals surface area contributed by atoms with Gasteiger partial charge in [0.1, 0.15) is 5.82 Å². The van der Waals surface area contributed by atoms with Gasteiger partial charge >= 0.3 is 0 Å². The van der Waals surface area contributed by atoms with Gasteiger partial charge in [-0.05, 0) is 35.4 Å². The van der Waals surface area contributed by atoms with E-state index in [2.05, 4.69) is 5.16 Å². The van der Waals surface area contributed by atoms with E-state index in [0.29, 0.717) is 21.7 Å². The molecule has 3 N–H and O–H groups in total. The smallest absolute Gasteiger partial charge is 0.251 e. The molecule has 6 nitrogen and oxygen atoms in total. The van der Waals surface area contributed by atoms with Crippen LogP contribution in [0.5, 0.6) is 0 Å². The number of hydrogen-bond donors (Lipinski definition) is 2. The number of pyridine rings is 1. The maximum Gasteiger partial charge on any atom is 0.251 e. The second kappa shape index (κ2) is 8.92. The van der Waals surface area contributed by atoms with E-state index in [1.165, 1.54) is 22.8 Å². The summed E-state index contributed by atoms with van der Waals surface area (Å²) in [6.45, 7) is 0. The van der Waals surface area contributed by atoms with Crippen LogP contribution in [0.15, 0.2) is 70.7 Å². The van der Waals surface area contributed by atoms with Crippen LogP contribution < -0.4 is 11.3 Å². The Morgan fingerprint density at radius 1 is 1.23 bits per heavy atom. The lowest BCUT2D eigenvalue weighted by Crippen LogP contribution is -2.18. The molecule has 1 amide bonds.